The van der Waals surface area contributed by atoms with Crippen LogP contribution in [-0.4, -0.2) is 37.7 Å². The highest BCUT2D eigenvalue weighted by Gasteiger charge is 2.43. The van der Waals surface area contributed by atoms with Gasteiger partial charge in [0.15, 0.2) is 16.9 Å². The number of aryl methyl sites for hydroxylation is 2. The zero-order chi connectivity index (χ0) is 28.4. The minimum Gasteiger partial charge on any atom is -0.497 e. The van der Waals surface area contributed by atoms with E-state index in [1.54, 1.807) is 18.1 Å². The molecule has 1 aromatic heterocycles. The lowest BCUT2D eigenvalue weighted by molar-refractivity contribution is 0.0729. The van der Waals surface area contributed by atoms with Gasteiger partial charge in [0.1, 0.15) is 17.9 Å². The maximum Gasteiger partial charge on any atom is 0.290 e. The van der Waals surface area contributed by atoms with Gasteiger partial charge >= 0.3 is 0 Å². The third-order valence-corrected chi connectivity index (χ3v) is 7.14. The van der Waals surface area contributed by atoms with E-state index in [9.17, 15) is 9.59 Å². The minimum atomic E-state index is -0.644. The van der Waals surface area contributed by atoms with Crippen LogP contribution >= 0.6 is 0 Å². The summed E-state index contributed by atoms with van der Waals surface area (Å²) >= 11 is 0. The van der Waals surface area contributed by atoms with Gasteiger partial charge in [-0.1, -0.05) is 36.9 Å². The van der Waals surface area contributed by atoms with Crippen LogP contribution in [0.2, 0.25) is 0 Å². The molecule has 4 aromatic rings. The van der Waals surface area contributed by atoms with Gasteiger partial charge in [-0.2, -0.15) is 0 Å². The van der Waals surface area contributed by atoms with Gasteiger partial charge in [-0.25, -0.2) is 0 Å². The van der Waals surface area contributed by atoms with Gasteiger partial charge in [-0.05, 0) is 79.8 Å². The number of fused-ring (bicyclic) bond motifs is 2. The van der Waals surface area contributed by atoms with Gasteiger partial charge in [0, 0.05) is 6.54 Å². The average molecular weight is 540 g/mol. The number of carbonyl (C=O) groups excluding carboxylic acids is 1. The zero-order valence-corrected chi connectivity index (χ0v) is 23.3. The topological polar surface area (TPSA) is 78.2 Å². The lowest BCUT2D eigenvalue weighted by atomic mass is 9.96. The van der Waals surface area contributed by atoms with Crippen LogP contribution in [0.15, 0.2) is 76.5 Å². The maximum absolute atomic E-state index is 14.0. The molecule has 7 heteroatoms. The maximum atomic E-state index is 14.0. The molecule has 1 amide bonds. The standard InChI is InChI=1S/C33H33NO6/c1-6-16-39-26-13-10-23(19-27(26)38-7-2)29-28-30(35)25-18-20(3)17-21(4)31(25)40-32(28)33(36)34(29)15-14-22-8-11-24(37-5)12-9-22/h6,8-13,17-19,29H,1,7,14-16H2,2-5H3. The molecule has 206 valence electrons. The summed E-state index contributed by atoms with van der Waals surface area (Å²) in [5.41, 5.74) is 4.16. The van der Waals surface area contributed by atoms with Crippen molar-refractivity contribution in [3.63, 3.8) is 0 Å². The van der Waals surface area contributed by atoms with Crippen LogP contribution < -0.4 is 19.6 Å². The number of amides is 1. The number of hydrogen-bond donors (Lipinski definition) is 0. The largest absolute Gasteiger partial charge is 0.497 e. The van der Waals surface area contributed by atoms with E-state index < -0.39 is 6.04 Å². The van der Waals surface area contributed by atoms with Crippen molar-refractivity contribution >= 4 is 16.9 Å². The van der Waals surface area contributed by atoms with Crippen LogP contribution in [0.4, 0.5) is 0 Å². The number of methoxy groups -OCH3 is 1. The summed E-state index contributed by atoms with van der Waals surface area (Å²) in [5.74, 6) is 1.65. The number of carbonyl (C=O) groups is 1. The molecule has 0 spiro atoms. The summed E-state index contributed by atoms with van der Waals surface area (Å²) in [7, 11) is 1.63. The molecule has 0 N–H and O–H groups in total. The van der Waals surface area contributed by atoms with E-state index in [0.717, 1.165) is 28.0 Å². The van der Waals surface area contributed by atoms with Crippen LogP contribution in [0.1, 0.15) is 51.3 Å². The van der Waals surface area contributed by atoms with Crippen molar-refractivity contribution in [2.24, 2.45) is 0 Å². The molecule has 3 aromatic carbocycles. The third kappa shape index (κ3) is 4.95. The lowest BCUT2D eigenvalue weighted by Crippen LogP contribution is -2.31. The average Bonchev–Trinajstić information content (AvgIpc) is 3.23. The Morgan fingerprint density at radius 2 is 1.77 bits per heavy atom. The van der Waals surface area contributed by atoms with E-state index in [-0.39, 0.29) is 17.1 Å². The van der Waals surface area contributed by atoms with Gasteiger partial charge in [0.05, 0.1) is 30.7 Å². The van der Waals surface area contributed by atoms with Crippen LogP contribution in [0.3, 0.4) is 0 Å². The van der Waals surface area contributed by atoms with Gasteiger partial charge in [-0.15, -0.1) is 0 Å². The highest BCUT2D eigenvalue weighted by Crippen LogP contribution is 2.41. The Morgan fingerprint density at radius 3 is 2.48 bits per heavy atom. The molecule has 1 unspecified atom stereocenters. The van der Waals surface area contributed by atoms with Gasteiger partial charge in [-0.3, -0.25) is 9.59 Å². The Labute approximate surface area is 233 Å². The van der Waals surface area contributed by atoms with Crippen molar-refractivity contribution in [1.82, 2.24) is 4.90 Å². The molecule has 2 heterocycles. The summed E-state index contributed by atoms with van der Waals surface area (Å²) in [6.07, 6.45) is 2.25. The van der Waals surface area contributed by atoms with Crippen molar-refractivity contribution in [3.8, 4) is 17.2 Å². The Bertz CT molecular complexity index is 1640. The molecule has 1 atom stereocenters. The number of benzene rings is 3. The molecule has 0 aliphatic carbocycles. The Balaban J connectivity index is 1.64. The number of ether oxygens (including phenoxy) is 3. The Morgan fingerprint density at radius 1 is 1.00 bits per heavy atom. The van der Waals surface area contributed by atoms with E-state index in [4.69, 9.17) is 18.6 Å². The predicted octanol–water partition coefficient (Wildman–Crippen LogP) is 6.17. The smallest absolute Gasteiger partial charge is 0.290 e. The van der Waals surface area contributed by atoms with Crippen molar-refractivity contribution in [3.05, 3.63) is 111 Å². The van der Waals surface area contributed by atoms with E-state index in [1.807, 2.05) is 75.4 Å². The SMILES string of the molecule is C=CCOc1ccc(C2c3c(oc4c(C)cc(C)cc4c3=O)C(=O)N2CCc2ccc(OC)cc2)cc1OCC. The summed E-state index contributed by atoms with van der Waals surface area (Å²) < 4.78 is 23.2. The molecule has 1 aliphatic rings. The minimum absolute atomic E-state index is 0.0918. The molecule has 0 saturated carbocycles. The molecule has 5 rings (SSSR count). The van der Waals surface area contributed by atoms with Crippen molar-refractivity contribution in [2.45, 2.75) is 33.2 Å². The van der Waals surface area contributed by atoms with E-state index in [1.165, 1.54) is 0 Å². The fraction of sp³-hybridized carbons (Fsp3) is 0.273. The van der Waals surface area contributed by atoms with Crippen molar-refractivity contribution in [2.75, 3.05) is 26.9 Å². The first kappa shape index (κ1) is 27.1. The zero-order valence-electron chi connectivity index (χ0n) is 23.3. The number of nitrogens with zero attached hydrogens (tertiary/aromatic N) is 1. The number of hydrogen-bond acceptors (Lipinski definition) is 6. The van der Waals surface area contributed by atoms with Crippen LogP contribution in [0.25, 0.3) is 11.0 Å². The first-order valence-electron chi connectivity index (χ1n) is 13.4. The highest BCUT2D eigenvalue weighted by molar-refractivity contribution is 5.99. The van der Waals surface area contributed by atoms with Crippen molar-refractivity contribution < 1.29 is 23.4 Å². The molecule has 1 aliphatic heterocycles. The molecule has 0 radical (unpaired) electrons. The first-order valence-corrected chi connectivity index (χ1v) is 13.4. The first-order chi connectivity index (χ1) is 19.4. The van der Waals surface area contributed by atoms with Gasteiger partial charge in [0.2, 0.25) is 5.76 Å². The van der Waals surface area contributed by atoms with Gasteiger partial charge in [0.25, 0.3) is 5.91 Å². The summed E-state index contributed by atoms with van der Waals surface area (Å²) in [6, 6.07) is 16.4. The monoisotopic (exact) mass is 539 g/mol. The normalized spacial score (nSPS) is 14.3. The summed E-state index contributed by atoms with van der Waals surface area (Å²) in [6.45, 7) is 10.6. The second-order valence-electron chi connectivity index (χ2n) is 9.87. The molecule has 0 saturated heterocycles. The molecular formula is C33H33NO6. The van der Waals surface area contributed by atoms with Crippen LogP contribution in [0, 0.1) is 13.8 Å². The van der Waals surface area contributed by atoms with Crippen LogP contribution in [-0.2, 0) is 6.42 Å². The van der Waals surface area contributed by atoms with E-state index in [0.29, 0.717) is 54.2 Å². The van der Waals surface area contributed by atoms with Gasteiger partial charge < -0.3 is 23.5 Å². The Hall–Kier alpha value is -4.52. The fourth-order valence-corrected chi connectivity index (χ4v) is 5.32. The van der Waals surface area contributed by atoms with E-state index in [2.05, 4.69) is 6.58 Å². The predicted molar refractivity (Wildman–Crippen MR) is 155 cm³/mol. The Kier molecular flexibility index (Phi) is 7.65. The third-order valence-electron chi connectivity index (χ3n) is 7.14. The second-order valence-corrected chi connectivity index (χ2v) is 9.87. The second kappa shape index (κ2) is 11.3. The van der Waals surface area contributed by atoms with Crippen LogP contribution in [0.5, 0.6) is 17.2 Å². The molecule has 40 heavy (non-hydrogen) atoms. The lowest BCUT2D eigenvalue weighted by Gasteiger charge is -2.26. The summed E-state index contributed by atoms with van der Waals surface area (Å²) in [4.78, 5) is 29.7. The molecule has 7 nitrogen and oxygen atoms in total. The van der Waals surface area contributed by atoms with Crippen molar-refractivity contribution in [1.29, 1.82) is 0 Å². The molecular weight excluding hydrogens is 506 g/mol. The highest BCUT2D eigenvalue weighted by atomic mass is 16.5. The summed E-state index contributed by atoms with van der Waals surface area (Å²) in [5, 5.41) is 0.474. The number of rotatable bonds is 10. The van der Waals surface area contributed by atoms with E-state index >= 15 is 0 Å². The molecule has 0 fully saturated rings. The quantitative estimate of drug-likeness (QED) is 0.224. The fourth-order valence-electron chi connectivity index (χ4n) is 5.32. The molecule has 0 bridgehead atoms.